The van der Waals surface area contributed by atoms with Gasteiger partial charge in [0.1, 0.15) is 0 Å². The van der Waals surface area contributed by atoms with Crippen LogP contribution < -0.4 is 30.4 Å². The maximum Gasteiger partial charge on any atom is 0.294 e. The molecule has 0 radical (unpaired) electrons. The third kappa shape index (κ3) is 5.56. The molecule has 0 saturated heterocycles. The van der Waals surface area contributed by atoms with Crippen LogP contribution in [0.15, 0.2) is 83.8 Å². The summed E-state index contributed by atoms with van der Waals surface area (Å²) < 4.78 is 17.7. The molecule has 1 aliphatic rings. The molecule has 2 N–H and O–H groups in total. The number of carbonyl (C=O) groups excluding carboxylic acids is 1. The van der Waals surface area contributed by atoms with Crippen LogP contribution in [0.3, 0.4) is 0 Å². The summed E-state index contributed by atoms with van der Waals surface area (Å²) in [7, 11) is 0. The first-order valence-electron chi connectivity index (χ1n) is 11.9. The van der Waals surface area contributed by atoms with Crippen molar-refractivity contribution in [3.63, 3.8) is 0 Å². The van der Waals surface area contributed by atoms with Gasteiger partial charge in [-0.15, -0.1) is 0 Å². The Balaban J connectivity index is 1.28. The molecule has 3 aromatic carbocycles. The Morgan fingerprint density at radius 1 is 1.00 bits per heavy atom. The van der Waals surface area contributed by atoms with Crippen LogP contribution in [-0.2, 0) is 13.1 Å². The minimum atomic E-state index is -0.305. The number of nitrogens with zero attached hydrogens (tertiary/aromatic N) is 2. The quantitative estimate of drug-likeness (QED) is 0.358. The van der Waals surface area contributed by atoms with Crippen LogP contribution in [0.25, 0.3) is 0 Å². The Morgan fingerprint density at radius 2 is 1.78 bits per heavy atom. The lowest BCUT2D eigenvalue weighted by atomic mass is 10.1. The molecule has 0 unspecified atom stereocenters. The lowest BCUT2D eigenvalue weighted by Gasteiger charge is -2.14. The summed E-state index contributed by atoms with van der Waals surface area (Å²) in [5, 5.41) is 10.3. The summed E-state index contributed by atoms with van der Waals surface area (Å²) in [4.78, 5) is 25.9. The van der Waals surface area contributed by atoms with Crippen LogP contribution in [-0.4, -0.2) is 29.1 Å². The number of benzene rings is 3. The van der Waals surface area contributed by atoms with Gasteiger partial charge in [0.15, 0.2) is 22.9 Å². The third-order valence-corrected chi connectivity index (χ3v) is 5.79. The first-order chi connectivity index (χ1) is 18.1. The first-order valence-corrected chi connectivity index (χ1v) is 11.9. The second-order valence-corrected chi connectivity index (χ2v) is 8.34. The van der Waals surface area contributed by atoms with Crippen molar-refractivity contribution in [3.05, 3.63) is 106 Å². The first kappa shape index (κ1) is 23.9. The second-order valence-electron chi connectivity index (χ2n) is 8.34. The summed E-state index contributed by atoms with van der Waals surface area (Å²) >= 11 is 0. The SMILES string of the molecule is CCOc1cnn(Cc2ccccc2)c(=O)c1Nc1ccc(C(=O)NCc2ccc3c(c2)OCO3)cc1. The van der Waals surface area contributed by atoms with E-state index in [4.69, 9.17) is 14.2 Å². The van der Waals surface area contributed by atoms with E-state index in [1.165, 1.54) is 10.9 Å². The fraction of sp³-hybridized carbons (Fsp3) is 0.179. The molecule has 0 aliphatic carbocycles. The van der Waals surface area contributed by atoms with Gasteiger partial charge < -0.3 is 24.8 Å². The monoisotopic (exact) mass is 498 g/mol. The number of ether oxygens (including phenoxy) is 3. The Morgan fingerprint density at radius 3 is 2.57 bits per heavy atom. The highest BCUT2D eigenvalue weighted by Gasteiger charge is 2.15. The van der Waals surface area contributed by atoms with E-state index in [0.29, 0.717) is 48.2 Å². The molecule has 4 aromatic rings. The van der Waals surface area contributed by atoms with Crippen molar-refractivity contribution in [1.29, 1.82) is 0 Å². The zero-order chi connectivity index (χ0) is 25.6. The largest absolute Gasteiger partial charge is 0.490 e. The summed E-state index contributed by atoms with van der Waals surface area (Å²) in [6, 6.07) is 22.1. The van der Waals surface area contributed by atoms with Crippen molar-refractivity contribution in [2.24, 2.45) is 0 Å². The normalized spacial score (nSPS) is 11.7. The van der Waals surface area contributed by atoms with Gasteiger partial charge in [0.05, 0.1) is 19.3 Å². The number of hydrogen-bond donors (Lipinski definition) is 2. The molecule has 0 saturated carbocycles. The van der Waals surface area contributed by atoms with Crippen molar-refractivity contribution in [1.82, 2.24) is 15.1 Å². The number of rotatable bonds is 9. The average Bonchev–Trinajstić information content (AvgIpc) is 3.40. The molecular formula is C28H26N4O5. The summed E-state index contributed by atoms with van der Waals surface area (Å²) in [6.45, 7) is 3.13. The third-order valence-electron chi connectivity index (χ3n) is 5.79. The van der Waals surface area contributed by atoms with Gasteiger partial charge in [0.25, 0.3) is 11.5 Å². The Bertz CT molecular complexity index is 1450. The number of aromatic nitrogens is 2. The highest BCUT2D eigenvalue weighted by Crippen LogP contribution is 2.32. The van der Waals surface area contributed by atoms with Crippen molar-refractivity contribution >= 4 is 17.3 Å². The topological polar surface area (TPSA) is 104 Å². The van der Waals surface area contributed by atoms with Crippen LogP contribution in [0.5, 0.6) is 17.2 Å². The van der Waals surface area contributed by atoms with Gasteiger partial charge >= 0.3 is 0 Å². The van der Waals surface area contributed by atoms with E-state index in [0.717, 1.165) is 11.1 Å². The number of nitrogens with one attached hydrogen (secondary N) is 2. The van der Waals surface area contributed by atoms with Crippen molar-refractivity contribution in [2.75, 3.05) is 18.7 Å². The van der Waals surface area contributed by atoms with Gasteiger partial charge in [-0.3, -0.25) is 9.59 Å². The van der Waals surface area contributed by atoms with Crippen LogP contribution in [0.1, 0.15) is 28.4 Å². The van der Waals surface area contributed by atoms with Gasteiger partial charge in [-0.05, 0) is 54.4 Å². The predicted molar refractivity (Wildman–Crippen MR) is 139 cm³/mol. The summed E-state index contributed by atoms with van der Waals surface area (Å²) in [6.07, 6.45) is 1.54. The van der Waals surface area contributed by atoms with E-state index in [-0.39, 0.29) is 23.9 Å². The van der Waals surface area contributed by atoms with Gasteiger partial charge in [-0.25, -0.2) is 4.68 Å². The highest BCUT2D eigenvalue weighted by atomic mass is 16.7. The molecule has 1 amide bonds. The van der Waals surface area contributed by atoms with Crippen LogP contribution >= 0.6 is 0 Å². The molecule has 0 bridgehead atoms. The molecule has 1 aliphatic heterocycles. The Kier molecular flexibility index (Phi) is 7.02. The molecule has 1 aromatic heterocycles. The van der Waals surface area contributed by atoms with Crippen molar-refractivity contribution < 1.29 is 19.0 Å². The molecule has 9 nitrogen and oxygen atoms in total. The number of anilines is 2. The highest BCUT2D eigenvalue weighted by molar-refractivity contribution is 5.94. The smallest absolute Gasteiger partial charge is 0.294 e. The minimum Gasteiger partial charge on any atom is -0.490 e. The lowest BCUT2D eigenvalue weighted by Crippen LogP contribution is -2.26. The van der Waals surface area contributed by atoms with E-state index >= 15 is 0 Å². The molecule has 0 atom stereocenters. The zero-order valence-corrected chi connectivity index (χ0v) is 20.3. The second kappa shape index (κ2) is 10.9. The van der Waals surface area contributed by atoms with Gasteiger partial charge in [-0.1, -0.05) is 36.4 Å². The maximum atomic E-state index is 13.2. The number of amides is 1. The van der Waals surface area contributed by atoms with Crippen molar-refractivity contribution in [2.45, 2.75) is 20.0 Å². The molecule has 2 heterocycles. The Hall–Kier alpha value is -4.79. The molecule has 9 heteroatoms. The van der Waals surface area contributed by atoms with E-state index in [1.807, 2.05) is 55.5 Å². The van der Waals surface area contributed by atoms with E-state index in [9.17, 15) is 9.59 Å². The summed E-state index contributed by atoms with van der Waals surface area (Å²) in [5.41, 5.74) is 2.98. The van der Waals surface area contributed by atoms with Gasteiger partial charge in [0, 0.05) is 17.8 Å². The van der Waals surface area contributed by atoms with E-state index in [2.05, 4.69) is 15.7 Å². The van der Waals surface area contributed by atoms with E-state index < -0.39 is 0 Å². The number of hydrogen-bond acceptors (Lipinski definition) is 7. The molecule has 5 rings (SSSR count). The molecule has 188 valence electrons. The van der Waals surface area contributed by atoms with E-state index in [1.54, 1.807) is 24.3 Å². The zero-order valence-electron chi connectivity index (χ0n) is 20.3. The standard InChI is InChI=1S/C28H26N4O5/c1-2-35-25-16-30-32(17-19-6-4-3-5-7-19)28(34)26(25)31-22-11-9-21(10-12-22)27(33)29-15-20-8-13-23-24(14-20)37-18-36-23/h3-14,16,31H,2,15,17-18H2,1H3,(H,29,33). The molecular weight excluding hydrogens is 472 g/mol. The summed E-state index contributed by atoms with van der Waals surface area (Å²) in [5.74, 6) is 1.52. The van der Waals surface area contributed by atoms with Crippen LogP contribution in [0.4, 0.5) is 11.4 Å². The molecule has 0 spiro atoms. The van der Waals surface area contributed by atoms with Gasteiger partial charge in [-0.2, -0.15) is 5.10 Å². The predicted octanol–water partition coefficient (Wildman–Crippen LogP) is 4.09. The van der Waals surface area contributed by atoms with Crippen LogP contribution in [0.2, 0.25) is 0 Å². The number of fused-ring (bicyclic) bond motifs is 1. The maximum absolute atomic E-state index is 13.2. The fourth-order valence-corrected chi connectivity index (χ4v) is 3.91. The average molecular weight is 499 g/mol. The lowest BCUT2D eigenvalue weighted by molar-refractivity contribution is 0.0951. The minimum absolute atomic E-state index is 0.206. The van der Waals surface area contributed by atoms with Crippen molar-refractivity contribution in [3.8, 4) is 17.2 Å². The van der Waals surface area contributed by atoms with Crippen LogP contribution in [0, 0.1) is 0 Å². The fourth-order valence-electron chi connectivity index (χ4n) is 3.91. The Labute approximate surface area is 213 Å². The molecule has 37 heavy (non-hydrogen) atoms. The molecule has 0 fully saturated rings. The van der Waals surface area contributed by atoms with Gasteiger partial charge in [0.2, 0.25) is 6.79 Å². The number of carbonyl (C=O) groups is 1.